The van der Waals surface area contributed by atoms with Gasteiger partial charge in [-0.15, -0.1) is 0 Å². The highest BCUT2D eigenvalue weighted by Gasteiger charge is 2.59. The van der Waals surface area contributed by atoms with Crippen LogP contribution in [0.5, 0.6) is 0 Å². The number of methoxy groups -OCH3 is 1. The fraction of sp³-hybridized carbons (Fsp3) is 0.714. The van der Waals surface area contributed by atoms with Crippen LogP contribution in [0.25, 0.3) is 0 Å². The maximum absolute atomic E-state index is 12.4. The molecule has 26 heavy (non-hydrogen) atoms. The maximum atomic E-state index is 12.4. The highest BCUT2D eigenvalue weighted by atomic mass is 16.5. The summed E-state index contributed by atoms with van der Waals surface area (Å²) in [5, 5.41) is 11.0. The number of hydrogen-bond acceptors (Lipinski definition) is 5. The summed E-state index contributed by atoms with van der Waals surface area (Å²) in [6.07, 6.45) is 7.15. The van der Waals surface area contributed by atoms with Crippen molar-refractivity contribution in [1.82, 2.24) is 0 Å². The van der Waals surface area contributed by atoms with E-state index in [9.17, 15) is 14.7 Å². The zero-order valence-electron chi connectivity index (χ0n) is 16.2. The molecule has 0 radical (unpaired) electrons. The number of aliphatic hydroxyl groups excluding tert-OH is 1. The number of carbonyl (C=O) groups excluding carboxylic acids is 2. The fourth-order valence-corrected chi connectivity index (χ4v) is 5.54. The molecule has 0 bridgehead atoms. The van der Waals surface area contributed by atoms with Crippen LogP contribution in [0.3, 0.4) is 0 Å². The first kappa shape index (κ1) is 19.2. The highest BCUT2D eigenvalue weighted by molar-refractivity contribution is 5.90. The van der Waals surface area contributed by atoms with Gasteiger partial charge in [-0.3, -0.25) is 0 Å². The predicted octanol–water partition coefficient (Wildman–Crippen LogP) is 3.17. The summed E-state index contributed by atoms with van der Waals surface area (Å²) in [6, 6.07) is 0. The lowest BCUT2D eigenvalue weighted by Crippen LogP contribution is -2.57. The molecule has 0 spiro atoms. The third-order valence-corrected chi connectivity index (χ3v) is 7.41. The highest BCUT2D eigenvalue weighted by Crippen LogP contribution is 2.62. The van der Waals surface area contributed by atoms with Crippen LogP contribution in [-0.2, 0) is 19.1 Å². The molecule has 144 valence electrons. The Morgan fingerprint density at radius 2 is 2.15 bits per heavy atom. The summed E-state index contributed by atoms with van der Waals surface area (Å²) >= 11 is 0. The molecule has 1 aliphatic heterocycles. The van der Waals surface area contributed by atoms with Crippen LogP contribution in [0.15, 0.2) is 23.3 Å². The third kappa shape index (κ3) is 2.90. The van der Waals surface area contributed by atoms with Gasteiger partial charge in [0.2, 0.25) is 0 Å². The summed E-state index contributed by atoms with van der Waals surface area (Å²) in [4.78, 5) is 23.7. The summed E-state index contributed by atoms with van der Waals surface area (Å²) < 4.78 is 10.0. The molecule has 0 aromatic carbocycles. The van der Waals surface area contributed by atoms with E-state index in [4.69, 9.17) is 9.47 Å². The molecule has 5 atom stereocenters. The number of cyclic esters (lactones) is 1. The number of fused-ring (bicyclic) bond motifs is 1. The molecule has 3 rings (SSSR count). The first-order valence-corrected chi connectivity index (χ1v) is 9.56. The zero-order valence-corrected chi connectivity index (χ0v) is 16.2. The molecule has 3 aliphatic rings. The Hall–Kier alpha value is -1.62. The van der Waals surface area contributed by atoms with E-state index in [1.165, 1.54) is 7.11 Å². The van der Waals surface area contributed by atoms with Gasteiger partial charge in [-0.25, -0.2) is 9.59 Å². The first-order valence-electron chi connectivity index (χ1n) is 9.56. The standard InChI is InChI=1S/C21H30O5/c1-13-10-17(22)21(3)15(19(24)25-4)6-5-7-16(21)20(13,2)9-8-14-11-18(23)26-12-14/h6,11,13,16-17,22H,5,7-10,12H2,1-4H3. The molecule has 5 nitrogen and oxygen atoms in total. The summed E-state index contributed by atoms with van der Waals surface area (Å²) in [7, 11) is 1.40. The molecular formula is C21H30O5. The lowest BCUT2D eigenvalue weighted by Gasteiger charge is -2.59. The Labute approximate surface area is 155 Å². The molecule has 0 saturated heterocycles. The number of allylic oxidation sites excluding steroid dienone is 1. The van der Waals surface area contributed by atoms with Gasteiger partial charge in [0.05, 0.1) is 13.2 Å². The van der Waals surface area contributed by atoms with Gasteiger partial charge in [0.15, 0.2) is 0 Å². The van der Waals surface area contributed by atoms with Crippen LogP contribution < -0.4 is 0 Å². The summed E-state index contributed by atoms with van der Waals surface area (Å²) in [5.74, 6) is -0.0704. The van der Waals surface area contributed by atoms with E-state index in [0.717, 1.165) is 31.3 Å². The van der Waals surface area contributed by atoms with E-state index in [2.05, 4.69) is 13.8 Å². The summed E-state index contributed by atoms with van der Waals surface area (Å²) in [6.45, 7) is 6.89. The molecule has 1 fully saturated rings. The number of esters is 2. The van der Waals surface area contributed by atoms with Crippen molar-refractivity contribution in [3.63, 3.8) is 0 Å². The Morgan fingerprint density at radius 1 is 1.42 bits per heavy atom. The van der Waals surface area contributed by atoms with Crippen molar-refractivity contribution in [3.8, 4) is 0 Å². The largest absolute Gasteiger partial charge is 0.466 e. The molecular weight excluding hydrogens is 332 g/mol. The van der Waals surface area contributed by atoms with E-state index in [1.54, 1.807) is 6.08 Å². The average Bonchev–Trinajstić information content (AvgIpc) is 3.03. The SMILES string of the molecule is COC(=O)C1=CCCC2C(C)(CCC3=CC(=O)OC3)C(C)CC(O)C12C. The van der Waals surface area contributed by atoms with Gasteiger partial charge in [-0.05, 0) is 54.9 Å². The molecule has 0 aromatic heterocycles. The Morgan fingerprint density at radius 3 is 2.77 bits per heavy atom. The van der Waals surface area contributed by atoms with Gasteiger partial charge >= 0.3 is 11.9 Å². The van der Waals surface area contributed by atoms with E-state index in [0.29, 0.717) is 24.5 Å². The topological polar surface area (TPSA) is 72.8 Å². The third-order valence-electron chi connectivity index (χ3n) is 7.41. The molecule has 0 aromatic rings. The number of carbonyl (C=O) groups is 2. The molecule has 5 unspecified atom stereocenters. The molecule has 1 saturated carbocycles. The van der Waals surface area contributed by atoms with Crippen LogP contribution in [0, 0.1) is 22.7 Å². The van der Waals surface area contributed by atoms with Crippen molar-refractivity contribution in [3.05, 3.63) is 23.3 Å². The molecule has 5 heteroatoms. The maximum Gasteiger partial charge on any atom is 0.334 e. The lowest BCUT2D eigenvalue weighted by molar-refractivity contribution is -0.151. The number of rotatable bonds is 4. The van der Waals surface area contributed by atoms with Crippen molar-refractivity contribution >= 4 is 11.9 Å². The minimum absolute atomic E-state index is 0.0337. The Bertz CT molecular complexity index is 663. The van der Waals surface area contributed by atoms with E-state index in [1.807, 2.05) is 13.0 Å². The van der Waals surface area contributed by atoms with Crippen LogP contribution in [0.4, 0.5) is 0 Å². The monoisotopic (exact) mass is 362 g/mol. The Balaban J connectivity index is 1.91. The second-order valence-corrected chi connectivity index (χ2v) is 8.59. The quantitative estimate of drug-likeness (QED) is 0.778. The smallest absolute Gasteiger partial charge is 0.334 e. The van der Waals surface area contributed by atoms with E-state index < -0.39 is 11.5 Å². The summed E-state index contributed by atoms with van der Waals surface area (Å²) in [5.41, 5.74) is 1.04. The van der Waals surface area contributed by atoms with Gasteiger partial charge in [0, 0.05) is 17.1 Å². The van der Waals surface area contributed by atoms with Crippen LogP contribution in [0.2, 0.25) is 0 Å². The molecule has 2 aliphatic carbocycles. The predicted molar refractivity (Wildman–Crippen MR) is 97.1 cm³/mol. The van der Waals surface area contributed by atoms with Crippen LogP contribution in [0.1, 0.15) is 52.9 Å². The van der Waals surface area contributed by atoms with Crippen LogP contribution >= 0.6 is 0 Å². The van der Waals surface area contributed by atoms with Gasteiger partial charge in [0.25, 0.3) is 0 Å². The van der Waals surface area contributed by atoms with Gasteiger partial charge in [0.1, 0.15) is 6.61 Å². The second kappa shape index (κ2) is 6.84. The molecule has 0 amide bonds. The number of hydrogen-bond donors (Lipinski definition) is 1. The number of ether oxygens (including phenoxy) is 2. The van der Waals surface area contributed by atoms with Crippen molar-refractivity contribution in [2.24, 2.45) is 22.7 Å². The average molecular weight is 362 g/mol. The molecule has 1 N–H and O–H groups in total. The second-order valence-electron chi connectivity index (χ2n) is 8.59. The van der Waals surface area contributed by atoms with Crippen molar-refractivity contribution in [2.45, 2.75) is 59.0 Å². The Kier molecular flexibility index (Phi) is 5.04. The molecule has 1 heterocycles. The van der Waals surface area contributed by atoms with Gasteiger partial charge in [-0.2, -0.15) is 0 Å². The minimum Gasteiger partial charge on any atom is -0.466 e. The van der Waals surface area contributed by atoms with Crippen molar-refractivity contribution in [1.29, 1.82) is 0 Å². The fourth-order valence-electron chi connectivity index (χ4n) is 5.54. The lowest BCUT2D eigenvalue weighted by atomic mass is 9.45. The van der Waals surface area contributed by atoms with Crippen molar-refractivity contribution in [2.75, 3.05) is 13.7 Å². The first-order chi connectivity index (χ1) is 12.2. The normalized spacial score (nSPS) is 39.6. The zero-order chi connectivity index (χ0) is 19.1. The van der Waals surface area contributed by atoms with E-state index in [-0.39, 0.29) is 23.3 Å². The van der Waals surface area contributed by atoms with Crippen LogP contribution in [-0.4, -0.2) is 36.9 Å². The number of aliphatic hydroxyl groups is 1. The van der Waals surface area contributed by atoms with E-state index >= 15 is 0 Å². The minimum atomic E-state index is -0.594. The van der Waals surface area contributed by atoms with Gasteiger partial charge in [-0.1, -0.05) is 26.8 Å². The van der Waals surface area contributed by atoms with Gasteiger partial charge < -0.3 is 14.6 Å². The van der Waals surface area contributed by atoms with Crippen molar-refractivity contribution < 1.29 is 24.2 Å².